The van der Waals surface area contributed by atoms with Gasteiger partial charge in [0.2, 0.25) is 0 Å². The number of hydrogen-bond donors (Lipinski definition) is 0. The van der Waals surface area contributed by atoms with Crippen LogP contribution in [0, 0.1) is 17.3 Å². The fourth-order valence-corrected chi connectivity index (χ4v) is 4.08. The minimum absolute atomic E-state index is 0.0907. The Bertz CT molecular complexity index is 810. The summed E-state index contributed by atoms with van der Waals surface area (Å²) in [5.74, 6) is -0.0162. The smallest absolute Gasteiger partial charge is 0.328 e. The van der Waals surface area contributed by atoms with Gasteiger partial charge in [0.1, 0.15) is 11.7 Å². The molecule has 2 aromatic rings. The van der Waals surface area contributed by atoms with Crippen LogP contribution in [0.25, 0.3) is 5.52 Å². The first kappa shape index (κ1) is 14.2. The average Bonchev–Trinajstić information content (AvgIpc) is 2.99. The Morgan fingerprint density at radius 3 is 2.91 bits per heavy atom. The first-order chi connectivity index (χ1) is 10.9. The van der Waals surface area contributed by atoms with Gasteiger partial charge in [-0.1, -0.05) is 13.8 Å². The van der Waals surface area contributed by atoms with Gasteiger partial charge >= 0.3 is 5.97 Å². The lowest BCUT2D eigenvalue weighted by Gasteiger charge is -2.28. The number of likely N-dealkylation sites (tertiary alicyclic amines) is 1. The summed E-state index contributed by atoms with van der Waals surface area (Å²) in [5.41, 5.74) is 1.37. The fraction of sp³-hybridized carbons (Fsp3) is 0.471. The van der Waals surface area contributed by atoms with Crippen molar-refractivity contribution >= 4 is 17.4 Å². The molecule has 0 spiro atoms. The summed E-state index contributed by atoms with van der Waals surface area (Å²) in [6.07, 6.45) is 5.25. The van der Waals surface area contributed by atoms with E-state index in [1.54, 1.807) is 17.3 Å². The molecule has 120 valence electrons. The van der Waals surface area contributed by atoms with Crippen molar-refractivity contribution in [3.63, 3.8) is 0 Å². The number of fused-ring (bicyclic) bond motifs is 2. The molecular weight excluding hydrogens is 294 g/mol. The van der Waals surface area contributed by atoms with E-state index < -0.39 is 6.04 Å². The number of methoxy groups -OCH3 is 1. The topological polar surface area (TPSA) is 63.9 Å². The average molecular weight is 313 g/mol. The van der Waals surface area contributed by atoms with E-state index in [2.05, 4.69) is 18.8 Å². The van der Waals surface area contributed by atoms with E-state index in [0.29, 0.717) is 18.2 Å². The number of rotatable bonds is 2. The van der Waals surface area contributed by atoms with E-state index in [-0.39, 0.29) is 23.2 Å². The molecule has 2 aromatic heterocycles. The number of piperidine rings is 1. The molecule has 0 N–H and O–H groups in total. The van der Waals surface area contributed by atoms with Crippen LogP contribution in [-0.2, 0) is 9.53 Å². The number of esters is 1. The largest absolute Gasteiger partial charge is 0.467 e. The number of carbonyl (C=O) groups is 2. The zero-order valence-corrected chi connectivity index (χ0v) is 13.4. The molecule has 2 fully saturated rings. The summed E-state index contributed by atoms with van der Waals surface area (Å²) in [5, 5.41) is 0. The molecule has 3 heterocycles. The van der Waals surface area contributed by atoms with Gasteiger partial charge in [-0.15, -0.1) is 0 Å². The Labute approximate surface area is 134 Å². The number of amides is 1. The second-order valence-electron chi connectivity index (χ2n) is 6.99. The van der Waals surface area contributed by atoms with Crippen LogP contribution in [0.2, 0.25) is 0 Å². The van der Waals surface area contributed by atoms with E-state index in [4.69, 9.17) is 4.74 Å². The van der Waals surface area contributed by atoms with Gasteiger partial charge in [-0.05, 0) is 23.5 Å². The molecule has 0 radical (unpaired) electrons. The Balaban J connectivity index is 1.66. The summed E-state index contributed by atoms with van der Waals surface area (Å²) in [6.45, 7) is 4.87. The lowest BCUT2D eigenvalue weighted by Crippen LogP contribution is -2.46. The van der Waals surface area contributed by atoms with Crippen molar-refractivity contribution in [2.75, 3.05) is 13.7 Å². The highest BCUT2D eigenvalue weighted by molar-refractivity contribution is 5.96. The Morgan fingerprint density at radius 1 is 1.39 bits per heavy atom. The first-order valence-corrected chi connectivity index (χ1v) is 7.76. The maximum Gasteiger partial charge on any atom is 0.328 e. The number of carbonyl (C=O) groups excluding carboxylic acids is 2. The Hall–Kier alpha value is -2.37. The first-order valence-electron chi connectivity index (χ1n) is 7.76. The molecule has 3 atom stereocenters. The molecule has 2 aliphatic rings. The minimum atomic E-state index is -0.505. The predicted octanol–water partition coefficient (Wildman–Crippen LogP) is 1.60. The second kappa shape index (κ2) is 4.57. The van der Waals surface area contributed by atoms with E-state index in [1.807, 2.05) is 22.7 Å². The summed E-state index contributed by atoms with van der Waals surface area (Å²) in [6, 6.07) is 3.32. The van der Waals surface area contributed by atoms with Crippen LogP contribution in [0.1, 0.15) is 24.3 Å². The molecule has 4 rings (SSSR count). The van der Waals surface area contributed by atoms with Gasteiger partial charge in [0.25, 0.3) is 5.91 Å². The summed E-state index contributed by atoms with van der Waals surface area (Å²) in [4.78, 5) is 31.0. The third-order valence-corrected chi connectivity index (χ3v) is 5.54. The van der Waals surface area contributed by atoms with Gasteiger partial charge < -0.3 is 14.0 Å². The maximum absolute atomic E-state index is 12.9. The lowest BCUT2D eigenvalue weighted by molar-refractivity contribution is -0.146. The number of aromatic nitrogens is 2. The molecule has 1 amide bonds. The number of ether oxygens (including phenoxy) is 1. The van der Waals surface area contributed by atoms with Gasteiger partial charge in [0.05, 0.1) is 18.8 Å². The van der Waals surface area contributed by atoms with Crippen molar-refractivity contribution in [2.45, 2.75) is 19.9 Å². The SMILES string of the molecule is COC(=O)[C@@H]1[C@@H]2[C@H](CN1C(=O)c1cn3cccc3cn1)C2(C)C. The summed E-state index contributed by atoms with van der Waals surface area (Å²) >= 11 is 0. The molecule has 1 saturated heterocycles. The van der Waals surface area contributed by atoms with E-state index in [9.17, 15) is 9.59 Å². The van der Waals surface area contributed by atoms with Crippen molar-refractivity contribution in [3.05, 3.63) is 36.4 Å². The highest BCUT2D eigenvalue weighted by atomic mass is 16.5. The lowest BCUT2D eigenvalue weighted by atomic mass is 10.0. The third kappa shape index (κ3) is 1.90. The highest BCUT2D eigenvalue weighted by Gasteiger charge is 2.69. The van der Waals surface area contributed by atoms with Crippen molar-refractivity contribution in [3.8, 4) is 0 Å². The number of hydrogen-bond acceptors (Lipinski definition) is 4. The zero-order valence-electron chi connectivity index (χ0n) is 13.4. The van der Waals surface area contributed by atoms with Crippen LogP contribution < -0.4 is 0 Å². The maximum atomic E-state index is 12.9. The Kier molecular flexibility index (Phi) is 2.83. The molecule has 6 heteroatoms. The molecule has 0 unspecified atom stereocenters. The van der Waals surface area contributed by atoms with Crippen LogP contribution >= 0.6 is 0 Å². The zero-order chi connectivity index (χ0) is 16.4. The van der Waals surface area contributed by atoms with Gasteiger partial charge in [0, 0.05) is 24.9 Å². The van der Waals surface area contributed by atoms with Crippen LogP contribution in [0.15, 0.2) is 30.7 Å². The van der Waals surface area contributed by atoms with E-state index in [1.165, 1.54) is 7.11 Å². The van der Waals surface area contributed by atoms with Gasteiger partial charge in [-0.3, -0.25) is 4.79 Å². The van der Waals surface area contributed by atoms with Crippen LogP contribution in [0.4, 0.5) is 0 Å². The molecular formula is C17H19N3O3. The van der Waals surface area contributed by atoms with Crippen LogP contribution in [0.3, 0.4) is 0 Å². The summed E-state index contributed by atoms with van der Waals surface area (Å²) in [7, 11) is 1.37. The molecule has 23 heavy (non-hydrogen) atoms. The molecule has 0 bridgehead atoms. The minimum Gasteiger partial charge on any atom is -0.467 e. The monoisotopic (exact) mass is 313 g/mol. The van der Waals surface area contributed by atoms with Crippen molar-refractivity contribution < 1.29 is 14.3 Å². The van der Waals surface area contributed by atoms with Crippen LogP contribution in [0.5, 0.6) is 0 Å². The molecule has 0 aromatic carbocycles. The Morgan fingerprint density at radius 2 is 2.17 bits per heavy atom. The number of nitrogens with zero attached hydrogens (tertiary/aromatic N) is 3. The quantitative estimate of drug-likeness (QED) is 0.790. The van der Waals surface area contributed by atoms with Crippen molar-refractivity contribution in [1.82, 2.24) is 14.3 Å². The molecule has 1 aliphatic heterocycles. The van der Waals surface area contributed by atoms with Crippen LogP contribution in [-0.4, -0.2) is 45.9 Å². The van der Waals surface area contributed by atoms with Gasteiger partial charge in [0.15, 0.2) is 0 Å². The normalized spacial score (nSPS) is 27.8. The third-order valence-electron chi connectivity index (χ3n) is 5.54. The van der Waals surface area contributed by atoms with Gasteiger partial charge in [-0.2, -0.15) is 0 Å². The fourth-order valence-electron chi connectivity index (χ4n) is 4.08. The predicted molar refractivity (Wildman–Crippen MR) is 82.8 cm³/mol. The molecule has 6 nitrogen and oxygen atoms in total. The van der Waals surface area contributed by atoms with Crippen molar-refractivity contribution in [1.29, 1.82) is 0 Å². The highest BCUT2D eigenvalue weighted by Crippen LogP contribution is 2.65. The van der Waals surface area contributed by atoms with E-state index >= 15 is 0 Å². The van der Waals surface area contributed by atoms with E-state index in [0.717, 1.165) is 5.52 Å². The standard InChI is InChI=1S/C17H19N3O3/c1-17(2)11-8-20(14(13(11)17)16(22)23-3)15(21)12-9-19-6-4-5-10(19)7-18-12/h4-7,9,11,13-14H,8H2,1-3H3/t11-,13-,14-/m0/s1. The molecule has 1 aliphatic carbocycles. The van der Waals surface area contributed by atoms with Crippen molar-refractivity contribution in [2.24, 2.45) is 17.3 Å². The second-order valence-corrected chi connectivity index (χ2v) is 6.99. The molecule has 1 saturated carbocycles. The van der Waals surface area contributed by atoms with Gasteiger partial charge in [-0.25, -0.2) is 9.78 Å². The summed E-state index contributed by atoms with van der Waals surface area (Å²) < 4.78 is 6.80.